The fourth-order valence-corrected chi connectivity index (χ4v) is 2.66. The highest BCUT2D eigenvalue weighted by Gasteiger charge is 2.32. The molecular formula is C15H14O. The van der Waals surface area contributed by atoms with Gasteiger partial charge in [-0.2, -0.15) is 0 Å². The van der Waals surface area contributed by atoms with Crippen molar-refractivity contribution in [2.24, 2.45) is 11.8 Å². The molecule has 2 atom stereocenters. The van der Waals surface area contributed by atoms with E-state index in [0.717, 1.165) is 23.1 Å². The Labute approximate surface area is 95.5 Å². The van der Waals surface area contributed by atoms with Gasteiger partial charge in [-0.15, -0.1) is 0 Å². The average Bonchev–Trinajstić information content (AvgIpc) is 2.90. The van der Waals surface area contributed by atoms with Crippen LogP contribution in [-0.2, 0) is 0 Å². The highest BCUT2D eigenvalue weighted by atomic mass is 16.1. The number of Topliss-reactive ketones (excluding diaryl/α,β-unsaturated/α-hetero) is 1. The number of benzene rings is 1. The molecule has 0 N–H and O–H groups in total. The second-order valence-electron chi connectivity index (χ2n) is 4.66. The summed E-state index contributed by atoms with van der Waals surface area (Å²) in [6.07, 6.45) is 7.63. The number of aryl methyl sites for hydroxylation is 1. The number of allylic oxidation sites excluding steroid dienone is 4. The third kappa shape index (κ3) is 1.35. The van der Waals surface area contributed by atoms with Crippen LogP contribution in [0.1, 0.15) is 22.3 Å². The topological polar surface area (TPSA) is 17.1 Å². The SMILES string of the molecule is Cc1ccccc1C(=O)C1=CC2C=CC1C2. The van der Waals surface area contributed by atoms with Crippen LogP contribution >= 0.6 is 0 Å². The zero-order chi connectivity index (χ0) is 11.1. The van der Waals surface area contributed by atoms with Gasteiger partial charge in [0.25, 0.3) is 0 Å². The molecule has 0 heterocycles. The standard InChI is InChI=1S/C15H14O/c1-10-4-2-3-5-13(10)15(16)14-9-11-6-7-12(14)8-11/h2-7,9,11-12H,8H2,1H3. The lowest BCUT2D eigenvalue weighted by Crippen LogP contribution is -2.09. The van der Waals surface area contributed by atoms with Crippen LogP contribution in [0.4, 0.5) is 0 Å². The van der Waals surface area contributed by atoms with Crippen molar-refractivity contribution in [1.82, 2.24) is 0 Å². The number of hydrogen-bond donors (Lipinski definition) is 0. The third-order valence-corrected chi connectivity index (χ3v) is 3.56. The summed E-state index contributed by atoms with van der Waals surface area (Å²) < 4.78 is 0. The van der Waals surface area contributed by atoms with Crippen molar-refractivity contribution in [2.75, 3.05) is 0 Å². The molecule has 1 aromatic carbocycles. The van der Waals surface area contributed by atoms with Gasteiger partial charge in [-0.05, 0) is 24.8 Å². The number of carbonyl (C=O) groups excluding carboxylic acids is 1. The number of fused-ring (bicyclic) bond motifs is 2. The number of ketones is 1. The van der Waals surface area contributed by atoms with Crippen molar-refractivity contribution >= 4 is 5.78 Å². The molecule has 2 aliphatic rings. The molecule has 0 aromatic heterocycles. The summed E-state index contributed by atoms with van der Waals surface area (Å²) >= 11 is 0. The highest BCUT2D eigenvalue weighted by Crippen LogP contribution is 2.39. The van der Waals surface area contributed by atoms with Gasteiger partial charge in [-0.3, -0.25) is 4.79 Å². The lowest BCUT2D eigenvalue weighted by atomic mass is 9.92. The summed E-state index contributed by atoms with van der Waals surface area (Å²) in [6.45, 7) is 2.00. The molecule has 1 nitrogen and oxygen atoms in total. The summed E-state index contributed by atoms with van der Waals surface area (Å²) in [7, 11) is 0. The smallest absolute Gasteiger partial charge is 0.189 e. The van der Waals surface area contributed by atoms with Crippen molar-refractivity contribution in [3.05, 3.63) is 59.2 Å². The van der Waals surface area contributed by atoms with Crippen LogP contribution in [-0.4, -0.2) is 5.78 Å². The first kappa shape index (κ1) is 9.59. The Kier molecular flexibility index (Phi) is 2.06. The van der Waals surface area contributed by atoms with E-state index in [1.54, 1.807) is 0 Å². The highest BCUT2D eigenvalue weighted by molar-refractivity contribution is 6.10. The van der Waals surface area contributed by atoms with Gasteiger partial charge in [0.1, 0.15) is 0 Å². The molecule has 0 fully saturated rings. The predicted octanol–water partition coefficient (Wildman–Crippen LogP) is 3.31. The lowest BCUT2D eigenvalue weighted by Gasteiger charge is -2.10. The Bertz CT molecular complexity index is 508. The van der Waals surface area contributed by atoms with Gasteiger partial charge in [0, 0.05) is 17.1 Å². The van der Waals surface area contributed by atoms with Gasteiger partial charge < -0.3 is 0 Å². The summed E-state index contributed by atoms with van der Waals surface area (Å²) in [5.74, 6) is 1.10. The summed E-state index contributed by atoms with van der Waals surface area (Å²) in [4.78, 5) is 12.4. The fraction of sp³-hybridized carbons (Fsp3) is 0.267. The van der Waals surface area contributed by atoms with E-state index in [1.165, 1.54) is 0 Å². The van der Waals surface area contributed by atoms with Crippen LogP contribution < -0.4 is 0 Å². The second kappa shape index (κ2) is 3.44. The minimum atomic E-state index is 0.218. The Morgan fingerprint density at radius 3 is 2.69 bits per heavy atom. The van der Waals surface area contributed by atoms with Gasteiger partial charge in [0.2, 0.25) is 0 Å². The zero-order valence-electron chi connectivity index (χ0n) is 9.31. The lowest BCUT2D eigenvalue weighted by molar-refractivity contribution is 0.102. The van der Waals surface area contributed by atoms with Crippen molar-refractivity contribution in [2.45, 2.75) is 13.3 Å². The fourth-order valence-electron chi connectivity index (χ4n) is 2.66. The molecule has 0 saturated carbocycles. The maximum Gasteiger partial charge on any atom is 0.189 e. The van der Waals surface area contributed by atoms with Crippen LogP contribution in [0.2, 0.25) is 0 Å². The molecule has 0 spiro atoms. The summed E-state index contributed by atoms with van der Waals surface area (Å²) in [6, 6.07) is 7.83. The van der Waals surface area contributed by atoms with Crippen LogP contribution in [0.5, 0.6) is 0 Å². The molecular weight excluding hydrogens is 196 g/mol. The number of hydrogen-bond acceptors (Lipinski definition) is 1. The Morgan fingerprint density at radius 1 is 1.25 bits per heavy atom. The molecule has 3 rings (SSSR count). The van der Waals surface area contributed by atoms with Crippen molar-refractivity contribution in [3.63, 3.8) is 0 Å². The monoisotopic (exact) mass is 210 g/mol. The minimum absolute atomic E-state index is 0.218. The molecule has 80 valence electrons. The number of carbonyl (C=O) groups is 1. The van der Waals surface area contributed by atoms with Crippen molar-refractivity contribution in [1.29, 1.82) is 0 Å². The molecule has 0 amide bonds. The van der Waals surface area contributed by atoms with Crippen molar-refractivity contribution in [3.8, 4) is 0 Å². The number of rotatable bonds is 2. The molecule has 0 radical (unpaired) electrons. The van der Waals surface area contributed by atoms with E-state index in [-0.39, 0.29) is 5.78 Å². The first-order valence-corrected chi connectivity index (χ1v) is 5.76. The normalized spacial score (nSPS) is 25.9. The zero-order valence-corrected chi connectivity index (χ0v) is 9.31. The first-order chi connectivity index (χ1) is 7.75. The van der Waals surface area contributed by atoms with E-state index >= 15 is 0 Å². The molecule has 1 heteroatoms. The third-order valence-electron chi connectivity index (χ3n) is 3.56. The largest absolute Gasteiger partial charge is 0.289 e. The molecule has 0 saturated heterocycles. The molecule has 16 heavy (non-hydrogen) atoms. The van der Waals surface area contributed by atoms with Crippen molar-refractivity contribution < 1.29 is 4.79 Å². The quantitative estimate of drug-likeness (QED) is 0.540. The first-order valence-electron chi connectivity index (χ1n) is 5.76. The van der Waals surface area contributed by atoms with Gasteiger partial charge in [0.15, 0.2) is 5.78 Å². The van der Waals surface area contributed by atoms with Crippen LogP contribution in [0.15, 0.2) is 48.1 Å². The van der Waals surface area contributed by atoms with Crippen LogP contribution in [0, 0.1) is 18.8 Å². The Morgan fingerprint density at radius 2 is 2.06 bits per heavy atom. The molecule has 2 unspecified atom stereocenters. The Hall–Kier alpha value is -1.63. The van der Waals surface area contributed by atoms with E-state index < -0.39 is 0 Å². The predicted molar refractivity (Wildman–Crippen MR) is 64.3 cm³/mol. The second-order valence-corrected chi connectivity index (χ2v) is 4.66. The van der Waals surface area contributed by atoms with E-state index in [1.807, 2.05) is 31.2 Å². The molecule has 2 aliphatic carbocycles. The van der Waals surface area contributed by atoms with E-state index in [2.05, 4.69) is 18.2 Å². The molecule has 2 bridgehead atoms. The summed E-state index contributed by atoms with van der Waals surface area (Å²) in [5.41, 5.74) is 2.93. The maximum atomic E-state index is 12.4. The Balaban J connectivity index is 1.96. The van der Waals surface area contributed by atoms with Crippen LogP contribution in [0.25, 0.3) is 0 Å². The minimum Gasteiger partial charge on any atom is -0.289 e. The van der Waals surface area contributed by atoms with Gasteiger partial charge >= 0.3 is 0 Å². The van der Waals surface area contributed by atoms with Gasteiger partial charge in [-0.25, -0.2) is 0 Å². The van der Waals surface area contributed by atoms with E-state index in [4.69, 9.17) is 0 Å². The van der Waals surface area contributed by atoms with Gasteiger partial charge in [-0.1, -0.05) is 42.5 Å². The molecule has 0 aliphatic heterocycles. The van der Waals surface area contributed by atoms with Crippen LogP contribution in [0.3, 0.4) is 0 Å². The maximum absolute atomic E-state index is 12.4. The van der Waals surface area contributed by atoms with E-state index in [9.17, 15) is 4.79 Å². The molecule has 1 aromatic rings. The summed E-state index contributed by atoms with van der Waals surface area (Å²) in [5, 5.41) is 0. The van der Waals surface area contributed by atoms with E-state index in [0.29, 0.717) is 11.8 Å². The average molecular weight is 210 g/mol. The van der Waals surface area contributed by atoms with Gasteiger partial charge in [0.05, 0.1) is 0 Å².